The summed E-state index contributed by atoms with van der Waals surface area (Å²) in [6, 6.07) is 3.41. The number of carbonyl (C=O) groups excluding carboxylic acids is 1. The van der Waals surface area contributed by atoms with Crippen LogP contribution >= 0.6 is 11.3 Å². The number of rotatable bonds is 4. The van der Waals surface area contributed by atoms with Crippen LogP contribution in [-0.4, -0.2) is 37.7 Å². The average molecular weight is 533 g/mol. The van der Waals surface area contributed by atoms with Gasteiger partial charge in [-0.2, -0.15) is 26.3 Å². The molecule has 0 spiro atoms. The van der Waals surface area contributed by atoms with E-state index in [1.807, 2.05) is 0 Å². The third-order valence-corrected chi connectivity index (χ3v) is 6.42. The van der Waals surface area contributed by atoms with Crippen LogP contribution in [0.5, 0.6) is 5.75 Å². The van der Waals surface area contributed by atoms with E-state index >= 15 is 0 Å². The van der Waals surface area contributed by atoms with E-state index in [-0.39, 0.29) is 27.6 Å². The minimum absolute atomic E-state index is 0.0944. The molecule has 1 atom stereocenters. The number of carbonyl (C=O) groups is 1. The number of fused-ring (bicyclic) bond motifs is 1. The number of ether oxygens (including phenoxy) is 1. The quantitative estimate of drug-likeness (QED) is 0.394. The smallest absolute Gasteiger partial charge is 0.433 e. The van der Waals surface area contributed by atoms with Crippen LogP contribution in [0.15, 0.2) is 30.6 Å². The van der Waals surface area contributed by atoms with Crippen LogP contribution in [0.1, 0.15) is 31.5 Å². The minimum Gasteiger partial charge on any atom is -0.475 e. The zero-order chi connectivity index (χ0) is 26.7. The van der Waals surface area contributed by atoms with E-state index in [1.165, 1.54) is 26.0 Å². The van der Waals surface area contributed by atoms with Crippen molar-refractivity contribution in [3.05, 3.63) is 41.3 Å². The highest BCUT2D eigenvalue weighted by Crippen LogP contribution is 2.48. The number of aliphatic hydroxyl groups is 1. The number of alkyl halides is 6. The Labute approximate surface area is 203 Å². The van der Waals surface area contributed by atoms with Crippen molar-refractivity contribution in [1.82, 2.24) is 15.0 Å². The first-order valence-corrected chi connectivity index (χ1v) is 10.9. The Bertz CT molecular complexity index is 1340. The highest BCUT2D eigenvalue weighted by molar-refractivity contribution is 7.15. The Kier molecular flexibility index (Phi) is 5.91. The van der Waals surface area contributed by atoms with Crippen molar-refractivity contribution in [2.24, 2.45) is 0 Å². The molecule has 0 aliphatic carbocycles. The molecule has 192 valence electrons. The molecule has 2 aromatic heterocycles. The highest BCUT2D eigenvalue weighted by Gasteiger charge is 2.53. The number of thiazole rings is 1. The molecule has 0 bridgehead atoms. The maximum Gasteiger partial charge on any atom is 0.433 e. The highest BCUT2D eigenvalue weighted by atomic mass is 32.1. The van der Waals surface area contributed by atoms with E-state index < -0.39 is 46.1 Å². The largest absolute Gasteiger partial charge is 0.475 e. The second kappa shape index (κ2) is 8.30. The number of anilines is 3. The summed E-state index contributed by atoms with van der Waals surface area (Å²) in [6.07, 6.45) is -7.73. The van der Waals surface area contributed by atoms with Crippen LogP contribution in [0.4, 0.5) is 43.7 Å². The van der Waals surface area contributed by atoms with Gasteiger partial charge in [0.2, 0.25) is 11.5 Å². The third kappa shape index (κ3) is 4.67. The Morgan fingerprint density at radius 1 is 1.14 bits per heavy atom. The van der Waals surface area contributed by atoms with Crippen molar-refractivity contribution < 1.29 is 41.0 Å². The van der Waals surface area contributed by atoms with Crippen LogP contribution in [-0.2, 0) is 16.6 Å². The van der Waals surface area contributed by atoms with Gasteiger partial charge in [0.15, 0.2) is 11.4 Å². The summed E-state index contributed by atoms with van der Waals surface area (Å²) < 4.78 is 84.8. The molecule has 0 fully saturated rings. The standard InChI is InChI=1S/C21H17F6N5O3S/c1-18(2)15(33)31-11-7-9(30-17-28-5-4-13(32-17)20(22,23)24)6-10(14(11)35-18)12-8-29-16(36-12)19(3,34)21(25,26)27/h4-8,34H,1-3H3,(H,31,33)(H,28,30,32). The summed E-state index contributed by atoms with van der Waals surface area (Å²) in [5, 5.41) is 14.6. The normalized spacial score (nSPS) is 17.0. The second-order valence-electron chi connectivity index (χ2n) is 8.45. The fourth-order valence-corrected chi connectivity index (χ4v) is 4.11. The van der Waals surface area contributed by atoms with Crippen LogP contribution < -0.4 is 15.4 Å². The molecule has 1 unspecified atom stereocenters. The number of nitrogens with one attached hydrogen (secondary N) is 2. The van der Waals surface area contributed by atoms with Gasteiger partial charge in [0.1, 0.15) is 10.7 Å². The molecule has 1 aliphatic rings. The lowest BCUT2D eigenvalue weighted by molar-refractivity contribution is -0.258. The zero-order valence-electron chi connectivity index (χ0n) is 18.7. The Hall–Kier alpha value is -3.46. The predicted octanol–water partition coefficient (Wildman–Crippen LogP) is 5.24. The van der Waals surface area contributed by atoms with Crippen molar-refractivity contribution in [3.63, 3.8) is 0 Å². The van der Waals surface area contributed by atoms with Crippen LogP contribution in [0.3, 0.4) is 0 Å². The van der Waals surface area contributed by atoms with Gasteiger partial charge in [0.05, 0.1) is 10.6 Å². The molecular weight excluding hydrogens is 516 g/mol. The van der Waals surface area contributed by atoms with E-state index in [2.05, 4.69) is 25.6 Å². The number of aromatic nitrogens is 3. The first-order chi connectivity index (χ1) is 16.5. The van der Waals surface area contributed by atoms with Gasteiger partial charge in [-0.15, -0.1) is 11.3 Å². The summed E-state index contributed by atoms with van der Waals surface area (Å²) in [4.78, 5) is 23.4. The summed E-state index contributed by atoms with van der Waals surface area (Å²) in [6.45, 7) is 3.52. The zero-order valence-corrected chi connectivity index (χ0v) is 19.5. The predicted molar refractivity (Wildman–Crippen MR) is 117 cm³/mol. The lowest BCUT2D eigenvalue weighted by Gasteiger charge is -2.33. The van der Waals surface area contributed by atoms with Gasteiger partial charge in [0, 0.05) is 23.6 Å². The maximum atomic E-state index is 13.3. The molecule has 3 heterocycles. The lowest BCUT2D eigenvalue weighted by atomic mass is 10.0. The molecule has 0 radical (unpaired) electrons. The average Bonchev–Trinajstić information content (AvgIpc) is 3.24. The van der Waals surface area contributed by atoms with Gasteiger partial charge in [-0.3, -0.25) is 4.79 Å². The number of amides is 1. The molecule has 15 heteroatoms. The van der Waals surface area contributed by atoms with Crippen LogP contribution in [0.2, 0.25) is 0 Å². The molecule has 8 nitrogen and oxygen atoms in total. The molecule has 0 saturated heterocycles. The Morgan fingerprint density at radius 3 is 2.47 bits per heavy atom. The van der Waals surface area contributed by atoms with E-state index in [1.54, 1.807) is 0 Å². The first kappa shape index (κ1) is 25.6. The topological polar surface area (TPSA) is 109 Å². The SMILES string of the molecule is CC1(C)Oc2c(cc(Nc3nccc(C(F)(F)F)n3)cc2-c2cnc(C(C)(O)C(F)(F)F)s2)NC1=O. The minimum atomic E-state index is -5.00. The molecule has 36 heavy (non-hydrogen) atoms. The van der Waals surface area contributed by atoms with Crippen molar-refractivity contribution in [1.29, 1.82) is 0 Å². The number of nitrogens with zero attached hydrogens (tertiary/aromatic N) is 3. The van der Waals surface area contributed by atoms with Crippen molar-refractivity contribution >= 4 is 34.6 Å². The van der Waals surface area contributed by atoms with Gasteiger partial charge < -0.3 is 20.5 Å². The van der Waals surface area contributed by atoms with Crippen molar-refractivity contribution in [3.8, 4) is 16.2 Å². The maximum absolute atomic E-state index is 13.3. The number of benzene rings is 1. The second-order valence-corrected chi connectivity index (χ2v) is 9.49. The number of halogens is 6. The van der Waals surface area contributed by atoms with Gasteiger partial charge >= 0.3 is 12.4 Å². The summed E-state index contributed by atoms with van der Waals surface area (Å²) in [7, 11) is 0. The Balaban J connectivity index is 1.82. The van der Waals surface area contributed by atoms with E-state index in [0.717, 1.165) is 12.4 Å². The summed E-state index contributed by atoms with van der Waals surface area (Å²) >= 11 is 0.533. The van der Waals surface area contributed by atoms with Gasteiger partial charge in [0.25, 0.3) is 5.91 Å². The molecule has 0 saturated carbocycles. The van der Waals surface area contributed by atoms with Crippen LogP contribution in [0, 0.1) is 0 Å². The monoisotopic (exact) mass is 533 g/mol. The van der Waals surface area contributed by atoms with Crippen LogP contribution in [0.25, 0.3) is 10.4 Å². The molecule has 1 aromatic carbocycles. The molecule has 3 N–H and O–H groups in total. The molecule has 1 aliphatic heterocycles. The third-order valence-electron chi connectivity index (χ3n) is 5.18. The molecule has 1 amide bonds. The molecule has 4 rings (SSSR count). The summed E-state index contributed by atoms with van der Waals surface area (Å²) in [5.41, 5.74) is -5.40. The first-order valence-electron chi connectivity index (χ1n) is 10.1. The fourth-order valence-electron chi connectivity index (χ4n) is 3.11. The number of hydrogen-bond donors (Lipinski definition) is 3. The molecular formula is C21H17F6N5O3S. The lowest BCUT2D eigenvalue weighted by Crippen LogP contribution is -2.45. The van der Waals surface area contributed by atoms with Gasteiger partial charge in [-0.25, -0.2) is 15.0 Å². The van der Waals surface area contributed by atoms with E-state index in [4.69, 9.17) is 4.74 Å². The van der Waals surface area contributed by atoms with Gasteiger partial charge in [-0.1, -0.05) is 0 Å². The van der Waals surface area contributed by atoms with Crippen molar-refractivity contribution in [2.75, 3.05) is 10.6 Å². The van der Waals surface area contributed by atoms with Gasteiger partial charge in [-0.05, 0) is 39.0 Å². The van der Waals surface area contributed by atoms with E-state index in [0.29, 0.717) is 24.3 Å². The number of hydrogen-bond acceptors (Lipinski definition) is 8. The Morgan fingerprint density at radius 2 is 1.83 bits per heavy atom. The fraction of sp³-hybridized carbons (Fsp3) is 0.333. The summed E-state index contributed by atoms with van der Waals surface area (Å²) in [5.74, 6) is -0.848. The van der Waals surface area contributed by atoms with E-state index in [9.17, 15) is 36.2 Å². The molecule has 3 aromatic rings. The van der Waals surface area contributed by atoms with Crippen molar-refractivity contribution in [2.45, 2.75) is 44.3 Å².